The van der Waals surface area contributed by atoms with E-state index < -0.39 is 0 Å². The maximum atomic E-state index is 10.2. The van der Waals surface area contributed by atoms with Gasteiger partial charge in [-0.2, -0.15) is 0 Å². The van der Waals surface area contributed by atoms with Crippen molar-refractivity contribution < 1.29 is 19.3 Å². The molecule has 0 atom stereocenters. The highest BCUT2D eigenvalue weighted by atomic mass is 16.5. The minimum absolute atomic E-state index is 0.0997. The molecule has 0 aliphatic rings. The first-order chi connectivity index (χ1) is 13.1. The molecule has 0 saturated carbocycles. The third kappa shape index (κ3) is 5.44. The molecule has 0 amide bonds. The Balaban J connectivity index is 2.20. The first kappa shape index (κ1) is 20.2. The van der Waals surface area contributed by atoms with Crippen molar-refractivity contribution in [2.75, 3.05) is 32.7 Å². The van der Waals surface area contributed by atoms with Crippen LogP contribution in [0.4, 0.5) is 5.69 Å². The predicted molar refractivity (Wildman–Crippen MR) is 107 cm³/mol. The molecule has 0 aromatic heterocycles. The zero-order chi connectivity index (χ0) is 19.6. The molecule has 0 unspecified atom stereocenters. The van der Waals surface area contributed by atoms with Crippen molar-refractivity contribution in [2.24, 2.45) is 4.99 Å². The summed E-state index contributed by atoms with van der Waals surface area (Å²) in [6.07, 6.45) is 0. The molecule has 0 saturated heterocycles. The van der Waals surface area contributed by atoms with Crippen LogP contribution in [0.3, 0.4) is 0 Å². The Morgan fingerprint density at radius 3 is 2.48 bits per heavy atom. The van der Waals surface area contributed by atoms with Crippen LogP contribution in [0, 0.1) is 0 Å². The molecule has 0 aliphatic heterocycles. The van der Waals surface area contributed by atoms with Crippen molar-refractivity contribution in [3.05, 3.63) is 42.0 Å². The van der Waals surface area contributed by atoms with Crippen LogP contribution in [0.1, 0.15) is 19.4 Å². The lowest BCUT2D eigenvalue weighted by Crippen LogP contribution is -2.30. The molecule has 27 heavy (non-hydrogen) atoms. The van der Waals surface area contributed by atoms with Gasteiger partial charge in [-0.3, -0.25) is 0 Å². The van der Waals surface area contributed by atoms with E-state index in [0.29, 0.717) is 48.5 Å². The fourth-order valence-electron chi connectivity index (χ4n) is 2.49. The van der Waals surface area contributed by atoms with Crippen LogP contribution in [0.15, 0.2) is 41.4 Å². The number of phenols is 1. The van der Waals surface area contributed by atoms with E-state index in [9.17, 15) is 5.11 Å². The number of ether oxygens (including phenoxy) is 3. The van der Waals surface area contributed by atoms with Gasteiger partial charge in [-0.05, 0) is 32.0 Å². The molecule has 7 nitrogen and oxygen atoms in total. The number of para-hydroxylation sites is 1. The molecule has 3 N–H and O–H groups in total. The van der Waals surface area contributed by atoms with Gasteiger partial charge in [-0.15, -0.1) is 0 Å². The van der Waals surface area contributed by atoms with E-state index >= 15 is 0 Å². The third-order valence-electron chi connectivity index (χ3n) is 3.78. The van der Waals surface area contributed by atoms with Crippen molar-refractivity contribution in [3.63, 3.8) is 0 Å². The Kier molecular flexibility index (Phi) is 7.61. The van der Waals surface area contributed by atoms with Crippen LogP contribution >= 0.6 is 0 Å². The Bertz CT molecular complexity index is 778. The number of anilines is 1. The molecule has 2 aromatic rings. The zero-order valence-electron chi connectivity index (χ0n) is 16.2. The quantitative estimate of drug-likeness (QED) is 0.486. The number of hydrogen-bond acceptors (Lipinski definition) is 5. The van der Waals surface area contributed by atoms with Crippen LogP contribution in [-0.2, 0) is 6.54 Å². The molecule has 7 heteroatoms. The fourth-order valence-corrected chi connectivity index (χ4v) is 2.49. The molecule has 0 radical (unpaired) electrons. The first-order valence-electron chi connectivity index (χ1n) is 8.83. The number of phenolic OH excluding ortho intramolecular Hbond substituents is 1. The lowest BCUT2D eigenvalue weighted by molar-refractivity contribution is 0.311. The van der Waals surface area contributed by atoms with Crippen LogP contribution in [0.2, 0.25) is 0 Å². The van der Waals surface area contributed by atoms with Crippen LogP contribution in [0.25, 0.3) is 0 Å². The summed E-state index contributed by atoms with van der Waals surface area (Å²) in [4.78, 5) is 4.54. The van der Waals surface area contributed by atoms with Crippen molar-refractivity contribution in [3.8, 4) is 23.0 Å². The summed E-state index contributed by atoms with van der Waals surface area (Å²) in [5.41, 5.74) is 1.49. The van der Waals surface area contributed by atoms with E-state index in [2.05, 4.69) is 15.6 Å². The van der Waals surface area contributed by atoms with Crippen molar-refractivity contribution >= 4 is 11.6 Å². The summed E-state index contributed by atoms with van der Waals surface area (Å²) < 4.78 is 16.1. The molecule has 0 bridgehead atoms. The third-order valence-corrected chi connectivity index (χ3v) is 3.78. The molecule has 146 valence electrons. The van der Waals surface area contributed by atoms with Gasteiger partial charge >= 0.3 is 0 Å². The number of methoxy groups -OCH3 is 2. The van der Waals surface area contributed by atoms with Crippen LogP contribution in [-0.4, -0.2) is 38.4 Å². The molecule has 0 spiro atoms. The van der Waals surface area contributed by atoms with E-state index in [1.165, 1.54) is 7.11 Å². The summed E-state index contributed by atoms with van der Waals surface area (Å²) in [6.45, 7) is 5.45. The lowest BCUT2D eigenvalue weighted by atomic mass is 10.2. The second-order valence-electron chi connectivity index (χ2n) is 5.59. The molecule has 0 fully saturated rings. The molecular weight excluding hydrogens is 346 g/mol. The number of rotatable bonds is 8. The molecule has 0 heterocycles. The number of guanidine groups is 1. The summed E-state index contributed by atoms with van der Waals surface area (Å²) in [5, 5.41) is 16.6. The smallest absolute Gasteiger partial charge is 0.196 e. The van der Waals surface area contributed by atoms with E-state index in [4.69, 9.17) is 14.2 Å². The number of aliphatic imine (C=N–C) groups is 1. The van der Waals surface area contributed by atoms with Gasteiger partial charge in [0.15, 0.2) is 29.0 Å². The first-order valence-corrected chi connectivity index (χ1v) is 8.83. The minimum atomic E-state index is 0.0997. The Morgan fingerprint density at radius 1 is 1.04 bits per heavy atom. The van der Waals surface area contributed by atoms with Gasteiger partial charge in [0, 0.05) is 23.9 Å². The second-order valence-corrected chi connectivity index (χ2v) is 5.59. The van der Waals surface area contributed by atoms with Gasteiger partial charge in [0.2, 0.25) is 0 Å². The Labute approximate surface area is 160 Å². The number of nitrogens with zero attached hydrogens (tertiary/aromatic N) is 1. The van der Waals surface area contributed by atoms with E-state index in [0.717, 1.165) is 5.69 Å². The van der Waals surface area contributed by atoms with Gasteiger partial charge in [0.25, 0.3) is 0 Å². The van der Waals surface area contributed by atoms with Crippen molar-refractivity contribution in [1.29, 1.82) is 0 Å². The average Bonchev–Trinajstić information content (AvgIpc) is 2.68. The highest BCUT2D eigenvalue weighted by molar-refractivity contribution is 5.93. The molecule has 2 aromatic carbocycles. The Morgan fingerprint density at radius 2 is 1.81 bits per heavy atom. The average molecular weight is 373 g/mol. The highest BCUT2D eigenvalue weighted by Gasteiger charge is 2.09. The summed E-state index contributed by atoms with van der Waals surface area (Å²) in [5.74, 6) is 2.45. The zero-order valence-corrected chi connectivity index (χ0v) is 16.2. The number of nitrogens with one attached hydrogen (secondary N) is 2. The largest absolute Gasteiger partial charge is 0.504 e. The van der Waals surface area contributed by atoms with Crippen molar-refractivity contribution in [1.82, 2.24) is 5.32 Å². The highest BCUT2D eigenvalue weighted by Crippen LogP contribution is 2.31. The van der Waals surface area contributed by atoms with Gasteiger partial charge < -0.3 is 30.0 Å². The molecule has 2 rings (SSSR count). The van der Waals surface area contributed by atoms with Gasteiger partial charge in [-0.25, -0.2) is 4.99 Å². The fraction of sp³-hybridized carbons (Fsp3) is 0.350. The van der Waals surface area contributed by atoms with E-state index in [-0.39, 0.29) is 5.75 Å². The standard InChI is InChI=1S/C20H27N3O4/c1-5-21-20(22-13-14-8-7-9-17(26-4)19(14)24)23-15-10-11-16(25-3)18(12-15)27-6-2/h7-12,24H,5-6,13H2,1-4H3,(H2,21,22,23). The van der Waals surface area contributed by atoms with Gasteiger partial charge in [-0.1, -0.05) is 12.1 Å². The van der Waals surface area contributed by atoms with Crippen LogP contribution < -0.4 is 24.8 Å². The summed E-state index contributed by atoms with van der Waals surface area (Å²) in [7, 11) is 3.13. The van der Waals surface area contributed by atoms with Crippen LogP contribution in [0.5, 0.6) is 23.0 Å². The number of hydrogen-bond donors (Lipinski definition) is 3. The summed E-state index contributed by atoms with van der Waals surface area (Å²) in [6, 6.07) is 10.9. The maximum absolute atomic E-state index is 10.2. The van der Waals surface area contributed by atoms with Gasteiger partial charge in [0.05, 0.1) is 27.4 Å². The maximum Gasteiger partial charge on any atom is 0.196 e. The molecular formula is C20H27N3O4. The van der Waals surface area contributed by atoms with Crippen molar-refractivity contribution in [2.45, 2.75) is 20.4 Å². The second kappa shape index (κ2) is 10.2. The minimum Gasteiger partial charge on any atom is -0.504 e. The summed E-state index contributed by atoms with van der Waals surface area (Å²) >= 11 is 0. The lowest BCUT2D eigenvalue weighted by Gasteiger charge is -2.15. The predicted octanol–water partition coefficient (Wildman–Crippen LogP) is 3.39. The van der Waals surface area contributed by atoms with E-state index in [1.807, 2.05) is 44.2 Å². The van der Waals surface area contributed by atoms with E-state index in [1.54, 1.807) is 13.2 Å². The number of aromatic hydroxyl groups is 1. The monoisotopic (exact) mass is 373 g/mol. The molecule has 0 aliphatic carbocycles. The Hall–Kier alpha value is -3.09. The van der Waals surface area contributed by atoms with Gasteiger partial charge in [0.1, 0.15) is 0 Å². The SMILES string of the molecule is CCNC(=NCc1cccc(OC)c1O)Nc1ccc(OC)c(OCC)c1. The normalized spacial score (nSPS) is 11.0. The topological polar surface area (TPSA) is 84.3 Å². The number of benzene rings is 2.